The summed E-state index contributed by atoms with van der Waals surface area (Å²) < 4.78 is 11.0. The highest BCUT2D eigenvalue weighted by atomic mass is 16.6. The first-order valence-electron chi connectivity index (χ1n) is 4.14. The Kier molecular flexibility index (Phi) is 1.67. The molecule has 3 heteroatoms. The maximum atomic E-state index is 5.81. The van der Waals surface area contributed by atoms with Gasteiger partial charge in [-0.2, -0.15) is 0 Å². The van der Waals surface area contributed by atoms with Crippen LogP contribution in [0.25, 0.3) is 0 Å². The summed E-state index contributed by atoms with van der Waals surface area (Å²) in [6.07, 6.45) is 0.359. The van der Waals surface area contributed by atoms with Gasteiger partial charge in [0.25, 0.3) is 0 Å². The molecule has 2 rings (SSSR count). The van der Waals surface area contributed by atoms with E-state index in [1.807, 2.05) is 0 Å². The van der Waals surface area contributed by atoms with E-state index in [1.165, 1.54) is 0 Å². The Balaban J connectivity index is 2.00. The van der Waals surface area contributed by atoms with Gasteiger partial charge in [-0.25, -0.2) is 0 Å². The Labute approximate surface area is 67.3 Å². The van der Waals surface area contributed by atoms with Crippen LogP contribution in [0.3, 0.4) is 0 Å². The van der Waals surface area contributed by atoms with Crippen molar-refractivity contribution in [3.05, 3.63) is 0 Å². The summed E-state index contributed by atoms with van der Waals surface area (Å²) in [5.74, 6) is 0. The normalized spacial score (nSPS) is 37.1. The van der Waals surface area contributed by atoms with Gasteiger partial charge in [-0.15, -0.1) is 0 Å². The molecule has 0 unspecified atom stereocenters. The number of hydrogen-bond acceptors (Lipinski definition) is 3. The van der Waals surface area contributed by atoms with Crippen LogP contribution < -0.4 is 0 Å². The molecule has 0 aromatic rings. The Hall–Kier alpha value is -0.120. The fourth-order valence-electron chi connectivity index (χ4n) is 1.99. The SMILES string of the molecule is C[C@H]1CN(C)CC2(COC2)O1. The number of ether oxygens (including phenoxy) is 2. The Morgan fingerprint density at radius 3 is 2.64 bits per heavy atom. The summed E-state index contributed by atoms with van der Waals surface area (Å²) in [6.45, 7) is 5.75. The molecule has 2 saturated heterocycles. The lowest BCUT2D eigenvalue weighted by molar-refractivity contribution is -0.256. The van der Waals surface area contributed by atoms with Gasteiger partial charge in [-0.1, -0.05) is 0 Å². The molecule has 0 aromatic heterocycles. The van der Waals surface area contributed by atoms with E-state index >= 15 is 0 Å². The summed E-state index contributed by atoms with van der Waals surface area (Å²) in [7, 11) is 2.14. The van der Waals surface area contributed by atoms with Crippen molar-refractivity contribution in [2.24, 2.45) is 0 Å². The zero-order valence-corrected chi connectivity index (χ0v) is 7.17. The second kappa shape index (κ2) is 2.44. The maximum absolute atomic E-state index is 5.81. The van der Waals surface area contributed by atoms with Gasteiger partial charge >= 0.3 is 0 Å². The number of nitrogens with zero attached hydrogens (tertiary/aromatic N) is 1. The Morgan fingerprint density at radius 1 is 1.45 bits per heavy atom. The molecule has 11 heavy (non-hydrogen) atoms. The van der Waals surface area contributed by atoms with Gasteiger partial charge in [0.1, 0.15) is 5.60 Å². The van der Waals surface area contributed by atoms with Crippen molar-refractivity contribution in [2.75, 3.05) is 33.4 Å². The van der Waals surface area contributed by atoms with Gasteiger partial charge in [-0.05, 0) is 14.0 Å². The standard InChI is InChI=1S/C8H15NO2/c1-7-3-9(2)4-8(11-7)5-10-6-8/h7H,3-6H2,1-2H3/t7-/m0/s1. The molecule has 0 amide bonds. The molecule has 0 bridgehead atoms. The van der Waals surface area contributed by atoms with E-state index in [2.05, 4.69) is 18.9 Å². The van der Waals surface area contributed by atoms with Crippen LogP contribution in [0.5, 0.6) is 0 Å². The molecule has 64 valence electrons. The maximum Gasteiger partial charge on any atom is 0.128 e. The van der Waals surface area contributed by atoms with Crippen LogP contribution in [-0.4, -0.2) is 50.0 Å². The van der Waals surface area contributed by atoms with E-state index in [4.69, 9.17) is 9.47 Å². The van der Waals surface area contributed by atoms with Crippen LogP contribution in [0, 0.1) is 0 Å². The molecule has 0 radical (unpaired) electrons. The third kappa shape index (κ3) is 1.28. The van der Waals surface area contributed by atoms with Gasteiger partial charge in [0.15, 0.2) is 0 Å². The van der Waals surface area contributed by atoms with Gasteiger partial charge < -0.3 is 14.4 Å². The first kappa shape index (κ1) is 7.53. The third-order valence-corrected chi connectivity index (χ3v) is 2.31. The smallest absolute Gasteiger partial charge is 0.128 e. The largest absolute Gasteiger partial charge is 0.375 e. The lowest BCUT2D eigenvalue weighted by Gasteiger charge is -2.49. The molecular weight excluding hydrogens is 142 g/mol. The summed E-state index contributed by atoms with van der Waals surface area (Å²) in [4.78, 5) is 2.32. The quantitative estimate of drug-likeness (QED) is 0.498. The number of rotatable bonds is 0. The summed E-state index contributed by atoms with van der Waals surface area (Å²) in [5, 5.41) is 0. The average molecular weight is 157 g/mol. The van der Waals surface area contributed by atoms with Crippen molar-refractivity contribution >= 4 is 0 Å². The van der Waals surface area contributed by atoms with E-state index < -0.39 is 0 Å². The van der Waals surface area contributed by atoms with Crippen molar-refractivity contribution in [1.82, 2.24) is 4.90 Å². The van der Waals surface area contributed by atoms with Crippen LogP contribution in [0.15, 0.2) is 0 Å². The highest BCUT2D eigenvalue weighted by molar-refractivity contribution is 4.94. The number of likely N-dealkylation sites (N-methyl/N-ethyl adjacent to an activating group) is 1. The van der Waals surface area contributed by atoms with Crippen LogP contribution >= 0.6 is 0 Å². The minimum absolute atomic E-state index is 0.0480. The van der Waals surface area contributed by atoms with Gasteiger partial charge in [0, 0.05) is 13.1 Å². The summed E-state index contributed by atoms with van der Waals surface area (Å²) in [6, 6.07) is 0. The first-order chi connectivity index (χ1) is 5.20. The van der Waals surface area contributed by atoms with Crippen LogP contribution in [-0.2, 0) is 9.47 Å². The van der Waals surface area contributed by atoms with Gasteiger partial charge in [0.2, 0.25) is 0 Å². The zero-order valence-electron chi connectivity index (χ0n) is 7.17. The van der Waals surface area contributed by atoms with Gasteiger partial charge in [-0.3, -0.25) is 0 Å². The second-order valence-electron chi connectivity index (χ2n) is 3.80. The molecular formula is C8H15NO2. The predicted octanol–water partition coefficient (Wildman–Crippen LogP) is 0.106. The topological polar surface area (TPSA) is 21.7 Å². The predicted molar refractivity (Wildman–Crippen MR) is 41.6 cm³/mol. The molecule has 0 aromatic carbocycles. The fourth-order valence-corrected chi connectivity index (χ4v) is 1.99. The Bertz CT molecular complexity index is 144. The lowest BCUT2D eigenvalue weighted by atomic mass is 9.99. The van der Waals surface area contributed by atoms with E-state index in [0.717, 1.165) is 26.3 Å². The van der Waals surface area contributed by atoms with Crippen molar-refractivity contribution in [2.45, 2.75) is 18.6 Å². The third-order valence-electron chi connectivity index (χ3n) is 2.31. The summed E-state index contributed by atoms with van der Waals surface area (Å²) in [5.41, 5.74) is 0.0480. The molecule has 0 saturated carbocycles. The lowest BCUT2D eigenvalue weighted by Crippen LogP contribution is -2.63. The fraction of sp³-hybridized carbons (Fsp3) is 1.00. The Morgan fingerprint density at radius 2 is 2.18 bits per heavy atom. The van der Waals surface area contributed by atoms with Crippen molar-refractivity contribution < 1.29 is 9.47 Å². The van der Waals surface area contributed by atoms with E-state index in [0.29, 0.717) is 6.10 Å². The highest BCUT2D eigenvalue weighted by Gasteiger charge is 2.44. The molecule has 0 aliphatic carbocycles. The second-order valence-corrected chi connectivity index (χ2v) is 3.80. The van der Waals surface area contributed by atoms with Crippen LogP contribution in [0.2, 0.25) is 0 Å². The number of hydrogen-bond donors (Lipinski definition) is 0. The average Bonchev–Trinajstić information content (AvgIpc) is 1.82. The minimum Gasteiger partial charge on any atom is -0.375 e. The molecule has 2 fully saturated rings. The van der Waals surface area contributed by atoms with Crippen molar-refractivity contribution in [3.63, 3.8) is 0 Å². The first-order valence-corrected chi connectivity index (χ1v) is 4.14. The van der Waals surface area contributed by atoms with Gasteiger partial charge in [0.05, 0.1) is 19.3 Å². The molecule has 0 N–H and O–H groups in total. The monoisotopic (exact) mass is 157 g/mol. The molecule has 2 aliphatic rings. The molecule has 1 atom stereocenters. The zero-order chi connectivity index (χ0) is 7.90. The molecule has 2 aliphatic heterocycles. The van der Waals surface area contributed by atoms with Crippen molar-refractivity contribution in [1.29, 1.82) is 0 Å². The van der Waals surface area contributed by atoms with E-state index in [9.17, 15) is 0 Å². The van der Waals surface area contributed by atoms with E-state index in [-0.39, 0.29) is 5.60 Å². The highest BCUT2D eigenvalue weighted by Crippen LogP contribution is 2.27. The van der Waals surface area contributed by atoms with Crippen LogP contribution in [0.4, 0.5) is 0 Å². The molecule has 1 spiro atoms. The summed E-state index contributed by atoms with van der Waals surface area (Å²) >= 11 is 0. The number of morpholine rings is 1. The van der Waals surface area contributed by atoms with Crippen molar-refractivity contribution in [3.8, 4) is 0 Å². The molecule has 2 heterocycles. The minimum atomic E-state index is 0.0480. The van der Waals surface area contributed by atoms with Crippen LogP contribution in [0.1, 0.15) is 6.92 Å². The van der Waals surface area contributed by atoms with E-state index in [1.54, 1.807) is 0 Å². The molecule has 3 nitrogen and oxygen atoms in total.